The van der Waals surface area contributed by atoms with Gasteiger partial charge in [-0.1, -0.05) is 0 Å². The number of nitrogens with two attached hydrogens (primary N) is 1. The molecule has 3 aromatic heterocycles. The highest BCUT2D eigenvalue weighted by atomic mass is 15.3. The maximum Gasteiger partial charge on any atom is 0.179 e. The molecule has 0 bridgehead atoms. The van der Waals surface area contributed by atoms with E-state index in [9.17, 15) is 0 Å². The molecule has 0 fully saturated rings. The largest absolute Gasteiger partial charge is 0.396 e. The molecule has 3 heterocycles. The minimum atomic E-state index is 0.610. The van der Waals surface area contributed by atoms with Crippen LogP contribution in [0.5, 0.6) is 0 Å². The molecule has 0 amide bonds. The van der Waals surface area contributed by atoms with E-state index < -0.39 is 0 Å². The molecule has 0 aliphatic rings. The summed E-state index contributed by atoms with van der Waals surface area (Å²) in [4.78, 5) is 4.25. The van der Waals surface area contributed by atoms with Gasteiger partial charge in [0.2, 0.25) is 0 Å². The van der Waals surface area contributed by atoms with Crippen molar-refractivity contribution in [2.24, 2.45) is 0 Å². The van der Waals surface area contributed by atoms with Crippen molar-refractivity contribution in [1.29, 1.82) is 0 Å². The van der Waals surface area contributed by atoms with Crippen LogP contribution in [0.4, 0.5) is 5.69 Å². The fourth-order valence-corrected chi connectivity index (χ4v) is 1.47. The van der Waals surface area contributed by atoms with Gasteiger partial charge in [0.25, 0.3) is 0 Å². The van der Waals surface area contributed by atoms with Crippen LogP contribution in [0.2, 0.25) is 0 Å². The van der Waals surface area contributed by atoms with E-state index in [0.29, 0.717) is 11.5 Å². The van der Waals surface area contributed by atoms with Crippen LogP contribution in [0.15, 0.2) is 37.1 Å². The van der Waals surface area contributed by atoms with Crippen molar-refractivity contribution < 1.29 is 0 Å². The average molecular weight is 200 g/mol. The lowest BCUT2D eigenvalue weighted by Crippen LogP contribution is -2.01. The van der Waals surface area contributed by atoms with Gasteiger partial charge in [0.05, 0.1) is 24.3 Å². The normalized spacial score (nSPS) is 10.9. The first kappa shape index (κ1) is 7.98. The molecule has 0 aliphatic carbocycles. The smallest absolute Gasteiger partial charge is 0.179 e. The Kier molecular flexibility index (Phi) is 1.49. The second-order valence-electron chi connectivity index (χ2n) is 3.13. The topological polar surface area (TPSA) is 74.0 Å². The van der Waals surface area contributed by atoms with Crippen molar-refractivity contribution >= 4 is 11.2 Å². The monoisotopic (exact) mass is 200 g/mol. The number of hydrogen-bond acceptors (Lipinski definition) is 4. The van der Waals surface area contributed by atoms with E-state index in [-0.39, 0.29) is 0 Å². The highest BCUT2D eigenvalue weighted by molar-refractivity contribution is 5.59. The molecule has 3 rings (SSSR count). The number of aromatic nitrogens is 5. The first-order valence-electron chi connectivity index (χ1n) is 4.43. The Hall–Kier alpha value is -2.37. The van der Waals surface area contributed by atoms with Crippen molar-refractivity contribution in [3.8, 4) is 5.82 Å². The molecule has 0 unspecified atom stereocenters. The van der Waals surface area contributed by atoms with E-state index in [2.05, 4.69) is 15.2 Å². The number of anilines is 1. The van der Waals surface area contributed by atoms with Crippen LogP contribution in [-0.2, 0) is 0 Å². The molecule has 0 saturated carbocycles. The van der Waals surface area contributed by atoms with E-state index in [4.69, 9.17) is 5.73 Å². The highest BCUT2D eigenvalue weighted by Gasteiger charge is 2.05. The molecule has 0 aliphatic heterocycles. The SMILES string of the molecule is Nc1cnn(-c2nccn3nccc23)c1. The van der Waals surface area contributed by atoms with Crippen LogP contribution >= 0.6 is 0 Å². The summed E-state index contributed by atoms with van der Waals surface area (Å²) >= 11 is 0. The minimum Gasteiger partial charge on any atom is -0.396 e. The summed E-state index contributed by atoms with van der Waals surface area (Å²) in [5.41, 5.74) is 7.10. The molecule has 0 spiro atoms. The van der Waals surface area contributed by atoms with Crippen molar-refractivity contribution in [3.05, 3.63) is 37.1 Å². The van der Waals surface area contributed by atoms with E-state index in [0.717, 1.165) is 5.52 Å². The van der Waals surface area contributed by atoms with Gasteiger partial charge in [0.1, 0.15) is 5.52 Å². The van der Waals surface area contributed by atoms with Crippen LogP contribution < -0.4 is 5.73 Å². The summed E-state index contributed by atoms with van der Waals surface area (Å²) < 4.78 is 3.37. The van der Waals surface area contributed by atoms with Crippen LogP contribution in [0, 0.1) is 0 Å². The number of nitrogens with zero attached hydrogens (tertiary/aromatic N) is 5. The Bertz CT molecular complexity index is 608. The standard InChI is InChI=1S/C9H8N6/c10-7-5-13-15(6-7)9-8-1-2-12-14(8)4-3-11-9/h1-6H,10H2. The van der Waals surface area contributed by atoms with Gasteiger partial charge in [-0.3, -0.25) is 0 Å². The first-order valence-corrected chi connectivity index (χ1v) is 4.43. The van der Waals surface area contributed by atoms with Gasteiger partial charge >= 0.3 is 0 Å². The Balaban J connectivity index is 2.30. The summed E-state index contributed by atoms with van der Waals surface area (Å²) in [5, 5.41) is 8.22. The maximum atomic E-state index is 5.60. The second-order valence-corrected chi connectivity index (χ2v) is 3.13. The molecule has 15 heavy (non-hydrogen) atoms. The quantitative estimate of drug-likeness (QED) is 0.620. The Morgan fingerprint density at radius 3 is 2.93 bits per heavy atom. The first-order chi connectivity index (χ1) is 7.34. The summed E-state index contributed by atoms with van der Waals surface area (Å²) in [6.45, 7) is 0. The molecule has 0 atom stereocenters. The summed E-state index contributed by atoms with van der Waals surface area (Å²) in [6, 6.07) is 1.88. The van der Waals surface area contributed by atoms with Gasteiger partial charge in [0.15, 0.2) is 5.82 Å². The molecule has 2 N–H and O–H groups in total. The molecule has 74 valence electrons. The zero-order chi connectivity index (χ0) is 10.3. The maximum absolute atomic E-state index is 5.60. The zero-order valence-electron chi connectivity index (χ0n) is 7.78. The number of fused-ring (bicyclic) bond motifs is 1. The van der Waals surface area contributed by atoms with Gasteiger partial charge in [-0.05, 0) is 6.07 Å². The van der Waals surface area contributed by atoms with Crippen molar-refractivity contribution in [3.63, 3.8) is 0 Å². The molecule has 0 saturated heterocycles. The zero-order valence-corrected chi connectivity index (χ0v) is 7.78. The van der Waals surface area contributed by atoms with Crippen LogP contribution in [0.3, 0.4) is 0 Å². The minimum absolute atomic E-state index is 0.610. The third-order valence-electron chi connectivity index (χ3n) is 2.12. The van der Waals surface area contributed by atoms with Crippen LogP contribution in [0.25, 0.3) is 11.3 Å². The Morgan fingerprint density at radius 2 is 2.13 bits per heavy atom. The molecule has 0 aromatic carbocycles. The van der Waals surface area contributed by atoms with E-state index >= 15 is 0 Å². The molecule has 0 radical (unpaired) electrons. The summed E-state index contributed by atoms with van der Waals surface area (Å²) in [7, 11) is 0. The van der Waals surface area contributed by atoms with Crippen LogP contribution in [0.1, 0.15) is 0 Å². The van der Waals surface area contributed by atoms with Gasteiger partial charge in [-0.2, -0.15) is 10.2 Å². The average Bonchev–Trinajstić information content (AvgIpc) is 2.84. The number of hydrogen-bond donors (Lipinski definition) is 1. The van der Waals surface area contributed by atoms with Gasteiger partial charge in [-0.15, -0.1) is 0 Å². The van der Waals surface area contributed by atoms with Gasteiger partial charge in [-0.25, -0.2) is 14.2 Å². The van der Waals surface area contributed by atoms with E-state index in [1.165, 1.54) is 0 Å². The van der Waals surface area contributed by atoms with E-state index in [1.54, 1.807) is 40.2 Å². The van der Waals surface area contributed by atoms with Gasteiger partial charge < -0.3 is 5.73 Å². The summed E-state index contributed by atoms with van der Waals surface area (Å²) in [6.07, 6.45) is 8.48. The molecule has 6 heteroatoms. The molecular weight excluding hydrogens is 192 g/mol. The van der Waals surface area contributed by atoms with Crippen LogP contribution in [-0.4, -0.2) is 24.4 Å². The lowest BCUT2D eigenvalue weighted by molar-refractivity contribution is 0.832. The predicted octanol–water partition coefficient (Wildman–Crippen LogP) is 0.497. The fourth-order valence-electron chi connectivity index (χ4n) is 1.47. The predicted molar refractivity (Wildman–Crippen MR) is 54.5 cm³/mol. The van der Waals surface area contributed by atoms with Crippen molar-refractivity contribution in [2.75, 3.05) is 5.73 Å². The number of nitrogen functional groups attached to an aromatic ring is 1. The fraction of sp³-hybridized carbons (Fsp3) is 0. The van der Waals surface area contributed by atoms with Crippen molar-refractivity contribution in [2.45, 2.75) is 0 Å². The third-order valence-corrected chi connectivity index (χ3v) is 2.12. The Labute approximate surface area is 85.0 Å². The molecular formula is C9H8N6. The molecule has 6 nitrogen and oxygen atoms in total. The Morgan fingerprint density at radius 1 is 1.20 bits per heavy atom. The third kappa shape index (κ3) is 1.15. The summed E-state index contributed by atoms with van der Waals surface area (Å²) in [5.74, 6) is 0.715. The van der Waals surface area contributed by atoms with Gasteiger partial charge in [0, 0.05) is 12.4 Å². The van der Waals surface area contributed by atoms with E-state index in [1.807, 2.05) is 6.07 Å². The second kappa shape index (κ2) is 2.81. The van der Waals surface area contributed by atoms with Crippen molar-refractivity contribution in [1.82, 2.24) is 24.4 Å². The number of rotatable bonds is 1. The molecule has 3 aromatic rings. The highest BCUT2D eigenvalue weighted by Crippen LogP contribution is 2.12. The lowest BCUT2D eigenvalue weighted by atomic mass is 10.5. The lowest BCUT2D eigenvalue weighted by Gasteiger charge is -2.01.